The molecule has 2 aliphatic rings. The highest BCUT2D eigenvalue weighted by molar-refractivity contribution is 6.06. The maximum absolute atomic E-state index is 12.7. The number of carbonyl (C=O) groups is 2. The van der Waals surface area contributed by atoms with Crippen LogP contribution in [-0.2, 0) is 16.0 Å². The number of benzene rings is 2. The van der Waals surface area contributed by atoms with E-state index in [0.717, 1.165) is 25.2 Å². The van der Waals surface area contributed by atoms with Crippen LogP contribution in [0.25, 0.3) is 0 Å². The van der Waals surface area contributed by atoms with E-state index in [0.29, 0.717) is 19.6 Å². The molecule has 0 aliphatic carbocycles. The van der Waals surface area contributed by atoms with Crippen molar-refractivity contribution in [3.05, 3.63) is 59.2 Å². The topological polar surface area (TPSA) is 43.9 Å². The highest BCUT2D eigenvalue weighted by Crippen LogP contribution is 2.28. The van der Waals surface area contributed by atoms with Crippen molar-refractivity contribution in [1.29, 1.82) is 0 Å². The van der Waals surface area contributed by atoms with Crippen molar-refractivity contribution >= 4 is 23.2 Å². The van der Waals surface area contributed by atoms with Gasteiger partial charge < -0.3 is 14.7 Å². The quantitative estimate of drug-likeness (QED) is 0.773. The summed E-state index contributed by atoms with van der Waals surface area (Å²) in [7, 11) is 0. The molecule has 0 unspecified atom stereocenters. The van der Waals surface area contributed by atoms with Crippen LogP contribution in [0.4, 0.5) is 11.4 Å². The third kappa shape index (κ3) is 3.49. The number of carbonyl (C=O) groups excluding carboxylic acids is 2. The first-order valence-corrected chi connectivity index (χ1v) is 10.0. The molecule has 1 saturated heterocycles. The van der Waals surface area contributed by atoms with E-state index in [1.165, 1.54) is 22.4 Å². The Balaban J connectivity index is 1.35. The van der Waals surface area contributed by atoms with Gasteiger partial charge in [0.1, 0.15) is 6.42 Å². The first-order chi connectivity index (χ1) is 13.5. The van der Waals surface area contributed by atoms with Crippen LogP contribution in [0.15, 0.2) is 42.5 Å². The van der Waals surface area contributed by atoms with Crippen LogP contribution < -0.4 is 9.80 Å². The second-order valence-corrected chi connectivity index (χ2v) is 7.69. The summed E-state index contributed by atoms with van der Waals surface area (Å²) in [6.07, 6.45) is 0.822. The van der Waals surface area contributed by atoms with E-state index in [1.807, 2.05) is 23.1 Å². The van der Waals surface area contributed by atoms with Gasteiger partial charge in [-0.05, 0) is 49.1 Å². The van der Waals surface area contributed by atoms with E-state index in [2.05, 4.69) is 43.0 Å². The zero-order valence-electron chi connectivity index (χ0n) is 16.6. The number of aryl methyl sites for hydroxylation is 1. The monoisotopic (exact) mass is 377 g/mol. The van der Waals surface area contributed by atoms with Gasteiger partial charge in [0.25, 0.3) is 0 Å². The molecule has 0 N–H and O–H groups in total. The van der Waals surface area contributed by atoms with Crippen LogP contribution >= 0.6 is 0 Å². The van der Waals surface area contributed by atoms with Crippen molar-refractivity contribution in [3.8, 4) is 0 Å². The molecular formula is C23H27N3O2. The molecule has 2 aromatic rings. The third-order valence-electron chi connectivity index (χ3n) is 6.04. The van der Waals surface area contributed by atoms with E-state index >= 15 is 0 Å². The second-order valence-electron chi connectivity index (χ2n) is 7.69. The van der Waals surface area contributed by atoms with E-state index < -0.39 is 0 Å². The lowest BCUT2D eigenvalue weighted by atomic mass is 10.1. The molecule has 0 aromatic heterocycles. The SMILES string of the molecule is Cc1cccc(N2CCN(C(=O)CC(=O)N3CCc4ccccc43)CC2)c1C. The Morgan fingerprint density at radius 3 is 2.32 bits per heavy atom. The normalized spacial score (nSPS) is 16.3. The molecule has 2 aromatic carbocycles. The van der Waals surface area contributed by atoms with Gasteiger partial charge in [0.05, 0.1) is 0 Å². The van der Waals surface area contributed by atoms with Crippen LogP contribution in [0.2, 0.25) is 0 Å². The lowest BCUT2D eigenvalue weighted by molar-refractivity contribution is -0.135. The van der Waals surface area contributed by atoms with Crippen molar-refractivity contribution in [2.45, 2.75) is 26.7 Å². The summed E-state index contributed by atoms with van der Waals surface area (Å²) in [5.41, 5.74) is 5.97. The first kappa shape index (κ1) is 18.5. The summed E-state index contributed by atoms with van der Waals surface area (Å²) >= 11 is 0. The number of fused-ring (bicyclic) bond motifs is 1. The number of anilines is 2. The second kappa shape index (κ2) is 7.66. The van der Waals surface area contributed by atoms with Crippen LogP contribution in [0, 0.1) is 13.8 Å². The van der Waals surface area contributed by atoms with Gasteiger partial charge in [-0.15, -0.1) is 0 Å². The minimum atomic E-state index is -0.0908. The molecule has 0 atom stereocenters. The number of rotatable bonds is 3. The zero-order chi connectivity index (χ0) is 19.7. The summed E-state index contributed by atoms with van der Waals surface area (Å²) < 4.78 is 0. The van der Waals surface area contributed by atoms with Gasteiger partial charge in [-0.1, -0.05) is 30.3 Å². The van der Waals surface area contributed by atoms with Crippen LogP contribution in [0.5, 0.6) is 0 Å². The molecule has 5 heteroatoms. The van der Waals surface area contributed by atoms with Gasteiger partial charge in [-0.2, -0.15) is 0 Å². The molecule has 1 fully saturated rings. The Labute approximate surface area is 166 Å². The smallest absolute Gasteiger partial charge is 0.236 e. The van der Waals surface area contributed by atoms with Crippen molar-refractivity contribution in [1.82, 2.24) is 4.90 Å². The molecule has 2 aliphatic heterocycles. The number of nitrogens with zero attached hydrogens (tertiary/aromatic N) is 3. The first-order valence-electron chi connectivity index (χ1n) is 10.0. The molecule has 0 radical (unpaired) electrons. The Hall–Kier alpha value is -2.82. The molecular weight excluding hydrogens is 350 g/mol. The molecule has 2 heterocycles. The molecule has 0 spiro atoms. The van der Waals surface area contributed by atoms with Crippen molar-refractivity contribution in [3.63, 3.8) is 0 Å². The van der Waals surface area contributed by atoms with E-state index in [-0.39, 0.29) is 18.2 Å². The Bertz CT molecular complexity index is 900. The number of piperazine rings is 1. The Morgan fingerprint density at radius 2 is 1.54 bits per heavy atom. The largest absolute Gasteiger partial charge is 0.368 e. The average molecular weight is 377 g/mol. The standard InChI is InChI=1S/C23H27N3O2/c1-17-6-5-9-20(18(17)2)24-12-14-25(15-13-24)22(27)16-23(28)26-11-10-19-7-3-4-8-21(19)26/h3-9H,10-16H2,1-2H3. The summed E-state index contributed by atoms with van der Waals surface area (Å²) in [6, 6.07) is 14.3. The summed E-state index contributed by atoms with van der Waals surface area (Å²) in [5, 5.41) is 0. The van der Waals surface area contributed by atoms with Gasteiger partial charge >= 0.3 is 0 Å². The highest BCUT2D eigenvalue weighted by Gasteiger charge is 2.28. The molecule has 0 saturated carbocycles. The maximum atomic E-state index is 12.7. The van der Waals surface area contributed by atoms with Gasteiger partial charge in [0, 0.05) is 44.1 Å². The summed E-state index contributed by atoms with van der Waals surface area (Å²) in [5.74, 6) is -0.151. The van der Waals surface area contributed by atoms with Crippen molar-refractivity contribution < 1.29 is 9.59 Å². The van der Waals surface area contributed by atoms with E-state index in [4.69, 9.17) is 0 Å². The Morgan fingerprint density at radius 1 is 0.821 bits per heavy atom. The van der Waals surface area contributed by atoms with Gasteiger partial charge in [-0.25, -0.2) is 0 Å². The molecule has 28 heavy (non-hydrogen) atoms. The molecule has 146 valence electrons. The van der Waals surface area contributed by atoms with Crippen molar-refractivity contribution in [2.75, 3.05) is 42.5 Å². The van der Waals surface area contributed by atoms with Gasteiger partial charge in [-0.3, -0.25) is 9.59 Å². The summed E-state index contributed by atoms with van der Waals surface area (Å²) in [6.45, 7) is 7.88. The lowest BCUT2D eigenvalue weighted by Crippen LogP contribution is -2.50. The molecule has 4 rings (SSSR count). The molecule has 5 nitrogen and oxygen atoms in total. The molecule has 2 amide bonds. The minimum Gasteiger partial charge on any atom is -0.368 e. The van der Waals surface area contributed by atoms with Gasteiger partial charge in [0.15, 0.2) is 0 Å². The number of hydrogen-bond acceptors (Lipinski definition) is 3. The van der Waals surface area contributed by atoms with Crippen LogP contribution in [-0.4, -0.2) is 49.4 Å². The molecule has 0 bridgehead atoms. The zero-order valence-corrected chi connectivity index (χ0v) is 16.6. The van der Waals surface area contributed by atoms with E-state index in [1.54, 1.807) is 4.90 Å². The fourth-order valence-corrected chi connectivity index (χ4v) is 4.21. The maximum Gasteiger partial charge on any atom is 0.236 e. The average Bonchev–Trinajstić information content (AvgIpc) is 3.14. The third-order valence-corrected chi connectivity index (χ3v) is 6.04. The highest BCUT2D eigenvalue weighted by atomic mass is 16.2. The lowest BCUT2D eigenvalue weighted by Gasteiger charge is -2.37. The van der Waals surface area contributed by atoms with Crippen LogP contribution in [0.1, 0.15) is 23.1 Å². The van der Waals surface area contributed by atoms with Crippen molar-refractivity contribution in [2.24, 2.45) is 0 Å². The fourth-order valence-electron chi connectivity index (χ4n) is 4.21. The van der Waals surface area contributed by atoms with Crippen LogP contribution in [0.3, 0.4) is 0 Å². The number of para-hydroxylation sites is 1. The summed E-state index contributed by atoms with van der Waals surface area (Å²) in [4.78, 5) is 31.3. The fraction of sp³-hybridized carbons (Fsp3) is 0.391. The predicted octanol–water partition coefficient (Wildman–Crippen LogP) is 2.93. The number of amides is 2. The van der Waals surface area contributed by atoms with E-state index in [9.17, 15) is 9.59 Å². The Kier molecular flexibility index (Phi) is 5.07. The predicted molar refractivity (Wildman–Crippen MR) is 112 cm³/mol. The minimum absolute atomic E-state index is 0.0438. The van der Waals surface area contributed by atoms with Gasteiger partial charge in [0.2, 0.25) is 11.8 Å². The number of hydrogen-bond donors (Lipinski definition) is 0.